The van der Waals surface area contributed by atoms with Crippen LogP contribution in [-0.2, 0) is 9.53 Å². The Morgan fingerprint density at radius 1 is 1.06 bits per heavy atom. The number of carbonyl (C=O) groups excluding carboxylic acids is 1. The average molecular weight is 229 g/mol. The summed E-state index contributed by atoms with van der Waals surface area (Å²) in [6, 6.07) is -0.418. The van der Waals surface area contributed by atoms with Gasteiger partial charge in [0.05, 0.1) is 6.61 Å². The second-order valence-corrected chi connectivity index (χ2v) is 4.33. The van der Waals surface area contributed by atoms with Crippen molar-refractivity contribution >= 4 is 5.97 Å². The summed E-state index contributed by atoms with van der Waals surface area (Å²) < 4.78 is 5.06. The summed E-state index contributed by atoms with van der Waals surface area (Å²) in [4.78, 5) is 11.4. The maximum atomic E-state index is 11.4. The van der Waals surface area contributed by atoms with Crippen molar-refractivity contribution in [2.75, 3.05) is 6.61 Å². The van der Waals surface area contributed by atoms with Gasteiger partial charge in [0.2, 0.25) is 0 Å². The molecule has 0 fully saturated rings. The van der Waals surface area contributed by atoms with E-state index in [-0.39, 0.29) is 5.97 Å². The van der Waals surface area contributed by atoms with Gasteiger partial charge in [-0.05, 0) is 12.8 Å². The molecule has 0 amide bonds. The Morgan fingerprint density at radius 3 is 2.31 bits per heavy atom. The molecular formula is C13H27NO2. The van der Waals surface area contributed by atoms with Crippen LogP contribution in [0.4, 0.5) is 0 Å². The van der Waals surface area contributed by atoms with Crippen LogP contribution in [-0.4, -0.2) is 18.6 Å². The van der Waals surface area contributed by atoms with Gasteiger partial charge in [0.25, 0.3) is 0 Å². The lowest BCUT2D eigenvalue weighted by molar-refractivity contribution is -0.145. The predicted octanol–water partition coefficient (Wildman–Crippen LogP) is 3.02. The van der Waals surface area contributed by atoms with E-state index in [1.807, 2.05) is 0 Å². The molecule has 1 unspecified atom stereocenters. The van der Waals surface area contributed by atoms with Crippen LogP contribution in [0.5, 0.6) is 0 Å². The van der Waals surface area contributed by atoms with E-state index in [4.69, 9.17) is 10.5 Å². The molecule has 0 aliphatic carbocycles. The lowest BCUT2D eigenvalue weighted by Crippen LogP contribution is -2.32. The Bertz CT molecular complexity index is 171. The van der Waals surface area contributed by atoms with E-state index in [2.05, 4.69) is 13.8 Å². The van der Waals surface area contributed by atoms with Gasteiger partial charge in [-0.2, -0.15) is 0 Å². The zero-order chi connectivity index (χ0) is 12.2. The van der Waals surface area contributed by atoms with E-state index in [1.165, 1.54) is 25.7 Å². The monoisotopic (exact) mass is 229 g/mol. The molecule has 0 aliphatic rings. The maximum absolute atomic E-state index is 11.4. The van der Waals surface area contributed by atoms with E-state index >= 15 is 0 Å². The quantitative estimate of drug-likeness (QED) is 0.463. The van der Waals surface area contributed by atoms with E-state index in [0.717, 1.165) is 25.7 Å². The molecule has 3 nitrogen and oxygen atoms in total. The smallest absolute Gasteiger partial charge is 0.322 e. The second-order valence-electron chi connectivity index (χ2n) is 4.33. The van der Waals surface area contributed by atoms with Crippen molar-refractivity contribution in [3.05, 3.63) is 0 Å². The standard InChI is InChI=1S/C13H27NO2/c1-3-5-7-8-9-10-12(14)13(15)16-11-6-4-2/h12H,3-11,14H2,1-2H3. The van der Waals surface area contributed by atoms with Gasteiger partial charge in [-0.3, -0.25) is 4.79 Å². The Hall–Kier alpha value is -0.570. The summed E-state index contributed by atoms with van der Waals surface area (Å²) >= 11 is 0. The summed E-state index contributed by atoms with van der Waals surface area (Å²) in [5.41, 5.74) is 5.74. The Labute approximate surface area is 99.7 Å². The first-order valence-corrected chi connectivity index (χ1v) is 6.64. The highest BCUT2D eigenvalue weighted by molar-refractivity contribution is 5.75. The highest BCUT2D eigenvalue weighted by Gasteiger charge is 2.13. The molecular weight excluding hydrogens is 202 g/mol. The number of esters is 1. The molecule has 0 saturated heterocycles. The van der Waals surface area contributed by atoms with Gasteiger partial charge in [-0.1, -0.05) is 52.4 Å². The molecule has 0 aromatic rings. The second kappa shape index (κ2) is 10.9. The van der Waals surface area contributed by atoms with Crippen LogP contribution in [0.25, 0.3) is 0 Å². The number of carbonyl (C=O) groups is 1. The topological polar surface area (TPSA) is 52.3 Å². The van der Waals surface area contributed by atoms with Crippen LogP contribution < -0.4 is 5.73 Å². The minimum atomic E-state index is -0.418. The summed E-state index contributed by atoms with van der Waals surface area (Å²) in [5, 5.41) is 0. The average Bonchev–Trinajstić information content (AvgIpc) is 2.28. The summed E-state index contributed by atoms with van der Waals surface area (Å²) in [6.45, 7) is 4.77. The third-order valence-electron chi connectivity index (χ3n) is 2.66. The van der Waals surface area contributed by atoms with Crippen LogP contribution in [0.1, 0.15) is 65.2 Å². The molecule has 16 heavy (non-hydrogen) atoms. The zero-order valence-electron chi connectivity index (χ0n) is 10.8. The lowest BCUT2D eigenvalue weighted by Gasteiger charge is -2.10. The van der Waals surface area contributed by atoms with Crippen molar-refractivity contribution in [2.45, 2.75) is 71.3 Å². The Balaban J connectivity index is 3.40. The van der Waals surface area contributed by atoms with E-state index in [9.17, 15) is 4.79 Å². The molecule has 0 heterocycles. The number of hydrogen-bond acceptors (Lipinski definition) is 3. The molecule has 0 aliphatic heterocycles. The first-order chi connectivity index (χ1) is 7.72. The molecule has 0 rings (SSSR count). The van der Waals surface area contributed by atoms with E-state index in [1.54, 1.807) is 0 Å². The molecule has 0 aromatic carbocycles. The van der Waals surface area contributed by atoms with Gasteiger partial charge in [0, 0.05) is 0 Å². The first kappa shape index (κ1) is 15.4. The maximum Gasteiger partial charge on any atom is 0.322 e. The van der Waals surface area contributed by atoms with Crippen molar-refractivity contribution in [3.63, 3.8) is 0 Å². The molecule has 2 N–H and O–H groups in total. The Kier molecular flexibility index (Phi) is 10.5. The van der Waals surface area contributed by atoms with Crippen LogP contribution >= 0.6 is 0 Å². The van der Waals surface area contributed by atoms with E-state index < -0.39 is 6.04 Å². The molecule has 0 radical (unpaired) electrons. The summed E-state index contributed by atoms with van der Waals surface area (Å²) in [6.07, 6.45) is 8.69. The fraction of sp³-hybridized carbons (Fsp3) is 0.923. The Morgan fingerprint density at radius 2 is 1.69 bits per heavy atom. The normalized spacial score (nSPS) is 12.4. The van der Waals surface area contributed by atoms with Crippen molar-refractivity contribution < 1.29 is 9.53 Å². The molecule has 0 spiro atoms. The van der Waals surface area contributed by atoms with Gasteiger partial charge in [-0.25, -0.2) is 0 Å². The predicted molar refractivity (Wildman–Crippen MR) is 67.2 cm³/mol. The van der Waals surface area contributed by atoms with Gasteiger partial charge in [0.1, 0.15) is 6.04 Å². The third kappa shape index (κ3) is 8.72. The fourth-order valence-corrected chi connectivity index (χ4v) is 1.51. The van der Waals surface area contributed by atoms with Gasteiger partial charge >= 0.3 is 5.97 Å². The summed E-state index contributed by atoms with van der Waals surface area (Å²) in [7, 11) is 0. The van der Waals surface area contributed by atoms with Crippen molar-refractivity contribution in [1.82, 2.24) is 0 Å². The van der Waals surface area contributed by atoms with Gasteiger partial charge < -0.3 is 10.5 Å². The minimum Gasteiger partial charge on any atom is -0.465 e. The van der Waals surface area contributed by atoms with Crippen LogP contribution in [0.2, 0.25) is 0 Å². The summed E-state index contributed by atoms with van der Waals surface area (Å²) in [5.74, 6) is -0.232. The molecule has 0 saturated carbocycles. The van der Waals surface area contributed by atoms with Crippen LogP contribution in [0.3, 0.4) is 0 Å². The first-order valence-electron chi connectivity index (χ1n) is 6.64. The minimum absolute atomic E-state index is 0.232. The number of unbranched alkanes of at least 4 members (excludes halogenated alkanes) is 5. The fourth-order valence-electron chi connectivity index (χ4n) is 1.51. The van der Waals surface area contributed by atoms with Crippen LogP contribution in [0, 0.1) is 0 Å². The molecule has 0 bridgehead atoms. The number of rotatable bonds is 10. The largest absolute Gasteiger partial charge is 0.465 e. The molecule has 3 heteroatoms. The molecule has 0 aromatic heterocycles. The van der Waals surface area contributed by atoms with Crippen molar-refractivity contribution in [3.8, 4) is 0 Å². The highest BCUT2D eigenvalue weighted by atomic mass is 16.5. The number of ether oxygens (including phenoxy) is 1. The van der Waals surface area contributed by atoms with E-state index in [0.29, 0.717) is 6.61 Å². The zero-order valence-corrected chi connectivity index (χ0v) is 10.8. The van der Waals surface area contributed by atoms with Crippen molar-refractivity contribution in [2.24, 2.45) is 5.73 Å². The number of nitrogens with two attached hydrogens (primary N) is 1. The number of hydrogen-bond donors (Lipinski definition) is 1. The van der Waals surface area contributed by atoms with Gasteiger partial charge in [-0.15, -0.1) is 0 Å². The third-order valence-corrected chi connectivity index (χ3v) is 2.66. The van der Waals surface area contributed by atoms with Gasteiger partial charge in [0.15, 0.2) is 0 Å². The van der Waals surface area contributed by atoms with Crippen LogP contribution in [0.15, 0.2) is 0 Å². The van der Waals surface area contributed by atoms with Crippen molar-refractivity contribution in [1.29, 1.82) is 0 Å². The highest BCUT2D eigenvalue weighted by Crippen LogP contribution is 2.07. The lowest BCUT2D eigenvalue weighted by atomic mass is 10.1. The SMILES string of the molecule is CCCCCCCC(N)C(=O)OCCCC. The molecule has 96 valence electrons. The molecule has 1 atom stereocenters.